The van der Waals surface area contributed by atoms with Gasteiger partial charge in [0.1, 0.15) is 0 Å². The summed E-state index contributed by atoms with van der Waals surface area (Å²) in [6, 6.07) is 0. The van der Waals surface area contributed by atoms with Gasteiger partial charge in [-0.3, -0.25) is 4.79 Å². The van der Waals surface area contributed by atoms with Crippen molar-refractivity contribution in [3.8, 4) is 0 Å². The molecule has 0 radical (unpaired) electrons. The summed E-state index contributed by atoms with van der Waals surface area (Å²) >= 11 is 0. The Balaban J connectivity index is 2.25. The van der Waals surface area contributed by atoms with E-state index in [4.69, 9.17) is 9.47 Å². The molecule has 1 spiro atoms. The zero-order valence-electron chi connectivity index (χ0n) is 9.14. The molecule has 1 aliphatic carbocycles. The van der Waals surface area contributed by atoms with Crippen LogP contribution in [0.1, 0.15) is 20.3 Å². The molecule has 2 N–H and O–H groups in total. The molecule has 2 heterocycles. The molecule has 5 nitrogen and oxygen atoms in total. The van der Waals surface area contributed by atoms with Crippen LogP contribution in [0.15, 0.2) is 12.2 Å². The Morgan fingerprint density at radius 2 is 2.19 bits per heavy atom. The van der Waals surface area contributed by atoms with E-state index in [1.165, 1.54) is 6.92 Å². The van der Waals surface area contributed by atoms with Gasteiger partial charge in [0, 0.05) is 6.92 Å². The number of rotatable bonds is 0. The molecule has 0 aromatic carbocycles. The standard InChI is InChI=1S/C11H14O5/c1-6-4-3-5-7-10(6)8(12)16-9(2,15-7)11(10,13)14/h3-4,6-7,13-14H,5H2,1-2H3/t6-,7-,9?,10?/m0/s1. The average Bonchev–Trinajstić information content (AvgIpc) is 2.41. The first-order valence-corrected chi connectivity index (χ1v) is 5.39. The zero-order valence-corrected chi connectivity index (χ0v) is 9.14. The van der Waals surface area contributed by atoms with Crippen LogP contribution in [0.25, 0.3) is 0 Å². The van der Waals surface area contributed by atoms with Crippen molar-refractivity contribution in [2.24, 2.45) is 11.3 Å². The van der Waals surface area contributed by atoms with E-state index in [1.807, 2.05) is 6.08 Å². The van der Waals surface area contributed by atoms with Gasteiger partial charge in [0.2, 0.25) is 5.79 Å². The van der Waals surface area contributed by atoms with Gasteiger partial charge >= 0.3 is 5.97 Å². The molecule has 2 saturated heterocycles. The quantitative estimate of drug-likeness (QED) is 0.343. The number of allylic oxidation sites excluding steroid dienone is 1. The lowest BCUT2D eigenvalue weighted by molar-refractivity contribution is -0.312. The van der Waals surface area contributed by atoms with Crippen molar-refractivity contribution >= 4 is 5.97 Å². The van der Waals surface area contributed by atoms with Crippen molar-refractivity contribution in [1.29, 1.82) is 0 Å². The Kier molecular flexibility index (Phi) is 1.60. The molecule has 0 saturated carbocycles. The van der Waals surface area contributed by atoms with E-state index in [-0.39, 0.29) is 5.92 Å². The third-order valence-electron chi connectivity index (χ3n) is 4.20. The van der Waals surface area contributed by atoms with E-state index in [0.29, 0.717) is 6.42 Å². The van der Waals surface area contributed by atoms with Crippen molar-refractivity contribution < 1.29 is 24.5 Å². The number of fused-ring (bicyclic) bond motifs is 1. The summed E-state index contributed by atoms with van der Waals surface area (Å²) in [5.41, 5.74) is -1.38. The maximum absolute atomic E-state index is 12.0. The molecule has 0 aromatic rings. The summed E-state index contributed by atoms with van der Waals surface area (Å²) in [5.74, 6) is -4.81. The maximum Gasteiger partial charge on any atom is 0.323 e. The summed E-state index contributed by atoms with van der Waals surface area (Å²) in [6.45, 7) is 3.16. The average molecular weight is 226 g/mol. The lowest BCUT2D eigenvalue weighted by Gasteiger charge is -2.39. The number of aliphatic hydroxyl groups is 2. The minimum Gasteiger partial charge on any atom is -0.427 e. The second-order valence-electron chi connectivity index (χ2n) is 4.94. The first-order valence-electron chi connectivity index (χ1n) is 5.39. The first kappa shape index (κ1) is 10.3. The molecule has 88 valence electrons. The van der Waals surface area contributed by atoms with Crippen LogP contribution in [0.4, 0.5) is 0 Å². The van der Waals surface area contributed by atoms with Gasteiger partial charge in [-0.05, 0) is 12.3 Å². The number of carbonyl (C=O) groups excluding carboxylic acids is 1. The second-order valence-corrected chi connectivity index (χ2v) is 4.94. The van der Waals surface area contributed by atoms with Crippen molar-refractivity contribution in [2.45, 2.75) is 37.9 Å². The highest BCUT2D eigenvalue weighted by Gasteiger charge is 2.84. The summed E-state index contributed by atoms with van der Waals surface area (Å²) in [4.78, 5) is 12.0. The summed E-state index contributed by atoms with van der Waals surface area (Å²) in [6.07, 6.45) is 3.68. The third-order valence-corrected chi connectivity index (χ3v) is 4.20. The van der Waals surface area contributed by atoms with Crippen molar-refractivity contribution in [3.63, 3.8) is 0 Å². The third kappa shape index (κ3) is 0.733. The highest BCUT2D eigenvalue weighted by molar-refractivity contribution is 5.84. The predicted molar refractivity (Wildman–Crippen MR) is 51.9 cm³/mol. The first-order chi connectivity index (χ1) is 7.36. The summed E-state index contributed by atoms with van der Waals surface area (Å²) in [5, 5.41) is 20.5. The van der Waals surface area contributed by atoms with E-state index in [0.717, 1.165) is 0 Å². The molecule has 3 aliphatic rings. The van der Waals surface area contributed by atoms with Crippen LogP contribution < -0.4 is 0 Å². The smallest absolute Gasteiger partial charge is 0.323 e. The molecule has 0 amide bonds. The fourth-order valence-corrected chi connectivity index (χ4v) is 3.27. The van der Waals surface area contributed by atoms with Gasteiger partial charge < -0.3 is 19.7 Å². The van der Waals surface area contributed by atoms with E-state index in [9.17, 15) is 15.0 Å². The molecule has 4 atom stereocenters. The van der Waals surface area contributed by atoms with E-state index in [2.05, 4.69) is 0 Å². The minimum atomic E-state index is -2.27. The molecule has 16 heavy (non-hydrogen) atoms. The summed E-state index contributed by atoms with van der Waals surface area (Å²) in [7, 11) is 0. The van der Waals surface area contributed by atoms with Crippen LogP contribution in [-0.4, -0.2) is 33.9 Å². The van der Waals surface area contributed by atoms with E-state index >= 15 is 0 Å². The Labute approximate surface area is 92.7 Å². The van der Waals surface area contributed by atoms with Crippen LogP contribution in [-0.2, 0) is 14.3 Å². The molecule has 5 heteroatoms. The fraction of sp³-hybridized carbons (Fsp3) is 0.727. The lowest BCUT2D eigenvalue weighted by Crippen LogP contribution is -2.57. The number of hydrogen-bond acceptors (Lipinski definition) is 5. The zero-order chi connectivity index (χ0) is 11.8. The molecule has 2 bridgehead atoms. The number of hydrogen-bond donors (Lipinski definition) is 2. The van der Waals surface area contributed by atoms with Gasteiger partial charge in [0.15, 0.2) is 5.41 Å². The van der Waals surface area contributed by atoms with E-state index in [1.54, 1.807) is 13.0 Å². The van der Waals surface area contributed by atoms with Crippen LogP contribution >= 0.6 is 0 Å². The molecule has 3 rings (SSSR count). The topological polar surface area (TPSA) is 76.0 Å². The lowest BCUT2D eigenvalue weighted by atomic mass is 9.64. The van der Waals surface area contributed by atoms with Crippen LogP contribution in [0.3, 0.4) is 0 Å². The number of carbonyl (C=O) groups is 1. The van der Waals surface area contributed by atoms with Gasteiger partial charge in [0.25, 0.3) is 5.79 Å². The van der Waals surface area contributed by atoms with Crippen molar-refractivity contribution in [3.05, 3.63) is 12.2 Å². The van der Waals surface area contributed by atoms with Crippen molar-refractivity contribution in [2.75, 3.05) is 0 Å². The van der Waals surface area contributed by atoms with Gasteiger partial charge in [-0.2, -0.15) is 0 Å². The normalized spacial score (nSPS) is 52.6. The SMILES string of the molecule is C[C@H]1C=CC[C@@H]2OC3(C)OC(=O)C21C3(O)O. The number of ether oxygens (including phenoxy) is 2. The highest BCUT2D eigenvalue weighted by Crippen LogP contribution is 2.63. The largest absolute Gasteiger partial charge is 0.427 e. The Hall–Kier alpha value is -0.910. The fourth-order valence-electron chi connectivity index (χ4n) is 3.27. The van der Waals surface area contributed by atoms with Crippen LogP contribution in [0, 0.1) is 11.3 Å². The minimum absolute atomic E-state index is 0.321. The summed E-state index contributed by atoms with van der Waals surface area (Å²) < 4.78 is 10.5. The van der Waals surface area contributed by atoms with Crippen molar-refractivity contribution in [1.82, 2.24) is 0 Å². The van der Waals surface area contributed by atoms with Gasteiger partial charge in [-0.1, -0.05) is 19.1 Å². The predicted octanol–water partition coefficient (Wildman–Crippen LogP) is -0.0785. The van der Waals surface area contributed by atoms with E-state index < -0.39 is 29.1 Å². The Morgan fingerprint density at radius 1 is 1.50 bits per heavy atom. The molecule has 2 fully saturated rings. The van der Waals surface area contributed by atoms with Gasteiger partial charge in [0.05, 0.1) is 6.10 Å². The molecular weight excluding hydrogens is 212 g/mol. The molecular formula is C11H14O5. The molecule has 2 unspecified atom stereocenters. The Bertz CT molecular complexity index is 401. The van der Waals surface area contributed by atoms with Crippen LogP contribution in [0.5, 0.6) is 0 Å². The Morgan fingerprint density at radius 3 is 2.75 bits per heavy atom. The number of esters is 1. The maximum atomic E-state index is 12.0. The van der Waals surface area contributed by atoms with Gasteiger partial charge in [-0.25, -0.2) is 0 Å². The highest BCUT2D eigenvalue weighted by atomic mass is 16.8. The van der Waals surface area contributed by atoms with Crippen LogP contribution in [0.2, 0.25) is 0 Å². The second kappa shape index (κ2) is 2.50. The monoisotopic (exact) mass is 226 g/mol. The van der Waals surface area contributed by atoms with Gasteiger partial charge in [-0.15, -0.1) is 0 Å². The molecule has 0 aromatic heterocycles. The molecule has 2 aliphatic heterocycles.